The molecular weight excluding hydrogens is 314 g/mol. The van der Waals surface area contributed by atoms with Gasteiger partial charge in [-0.3, -0.25) is 0 Å². The zero-order valence-electron chi connectivity index (χ0n) is 14.2. The van der Waals surface area contributed by atoms with Gasteiger partial charge >= 0.3 is 0 Å². The zero-order chi connectivity index (χ0) is 17.1. The molecule has 5 heteroatoms. The van der Waals surface area contributed by atoms with Gasteiger partial charge in [0.05, 0.1) is 32.0 Å². The lowest BCUT2D eigenvalue weighted by Crippen LogP contribution is -2.35. The number of halogens is 2. The summed E-state index contributed by atoms with van der Waals surface area (Å²) in [5, 5.41) is 0. The Morgan fingerprint density at radius 3 is 2.62 bits per heavy atom. The van der Waals surface area contributed by atoms with Crippen LogP contribution in [0.4, 0.5) is 8.78 Å². The van der Waals surface area contributed by atoms with Gasteiger partial charge in [-0.05, 0) is 50.8 Å². The van der Waals surface area contributed by atoms with Crippen LogP contribution in [0.5, 0.6) is 5.75 Å². The van der Waals surface area contributed by atoms with Crippen LogP contribution < -0.4 is 4.74 Å². The summed E-state index contributed by atoms with van der Waals surface area (Å²) < 4.78 is 45.0. The molecule has 0 saturated carbocycles. The van der Waals surface area contributed by atoms with E-state index in [0.717, 1.165) is 12.8 Å². The van der Waals surface area contributed by atoms with Gasteiger partial charge < -0.3 is 14.2 Å². The van der Waals surface area contributed by atoms with Crippen molar-refractivity contribution in [3.8, 4) is 5.75 Å². The minimum absolute atomic E-state index is 0.0533. The predicted molar refractivity (Wildman–Crippen MR) is 88.0 cm³/mol. The van der Waals surface area contributed by atoms with Gasteiger partial charge in [-0.15, -0.1) is 0 Å². The van der Waals surface area contributed by atoms with Crippen molar-refractivity contribution in [3.05, 3.63) is 35.4 Å². The highest BCUT2D eigenvalue weighted by Gasteiger charge is 2.29. The average Bonchev–Trinajstić information content (AvgIpc) is 2.60. The maximum Gasteiger partial charge on any atom is 0.201 e. The third kappa shape index (κ3) is 3.62. The van der Waals surface area contributed by atoms with Crippen molar-refractivity contribution < 1.29 is 23.0 Å². The van der Waals surface area contributed by atoms with Crippen molar-refractivity contribution >= 4 is 5.57 Å². The molecule has 3 atom stereocenters. The molecule has 3 unspecified atom stereocenters. The number of hydrogen-bond donors (Lipinski definition) is 0. The Labute approximate surface area is 141 Å². The number of hydrogen-bond acceptors (Lipinski definition) is 3. The molecule has 0 aliphatic carbocycles. The maximum atomic E-state index is 14.3. The topological polar surface area (TPSA) is 27.7 Å². The lowest BCUT2D eigenvalue weighted by Gasteiger charge is -2.34. The molecule has 0 amide bonds. The summed E-state index contributed by atoms with van der Waals surface area (Å²) in [6.45, 7) is 5.12. The Morgan fingerprint density at radius 1 is 1.17 bits per heavy atom. The smallest absolute Gasteiger partial charge is 0.201 e. The van der Waals surface area contributed by atoms with Crippen LogP contribution in [0.1, 0.15) is 38.7 Å². The van der Waals surface area contributed by atoms with Gasteiger partial charge in [0, 0.05) is 11.5 Å². The molecule has 1 aromatic rings. The third-order valence-electron chi connectivity index (χ3n) is 4.81. The average molecular weight is 338 g/mol. The highest BCUT2D eigenvalue weighted by molar-refractivity contribution is 5.68. The van der Waals surface area contributed by atoms with Gasteiger partial charge in [-0.1, -0.05) is 6.08 Å². The van der Waals surface area contributed by atoms with E-state index in [1.165, 1.54) is 6.07 Å². The summed E-state index contributed by atoms with van der Waals surface area (Å²) in [7, 11) is 0. The summed E-state index contributed by atoms with van der Waals surface area (Å²) in [6.07, 6.45) is 5.20. The van der Waals surface area contributed by atoms with E-state index in [1.54, 1.807) is 13.0 Å². The van der Waals surface area contributed by atoms with Crippen LogP contribution in [-0.4, -0.2) is 32.0 Å². The SMILES string of the molecule is CCOc1ccc(C2=CCC(C3CCC(C)OC3)OC2)c(F)c1F. The second-order valence-corrected chi connectivity index (χ2v) is 6.47. The number of rotatable bonds is 4. The minimum atomic E-state index is -0.938. The number of ether oxygens (including phenoxy) is 3. The standard InChI is InChI=1S/C19H24F2O3/c1-3-22-17-9-7-15(18(20)19(17)21)13-6-8-16(24-10-13)14-5-4-12(2)23-11-14/h6-7,9,12,14,16H,3-5,8,10-11H2,1-2H3. The lowest BCUT2D eigenvalue weighted by molar-refractivity contribution is -0.0664. The predicted octanol–water partition coefficient (Wildman–Crippen LogP) is 4.35. The quantitative estimate of drug-likeness (QED) is 0.817. The first-order chi connectivity index (χ1) is 11.6. The van der Waals surface area contributed by atoms with E-state index in [-0.39, 0.29) is 17.4 Å². The molecule has 3 rings (SSSR count). The van der Waals surface area contributed by atoms with Crippen molar-refractivity contribution in [2.75, 3.05) is 19.8 Å². The van der Waals surface area contributed by atoms with Crippen LogP contribution in [0.25, 0.3) is 5.57 Å². The molecule has 0 spiro atoms. The van der Waals surface area contributed by atoms with Crippen LogP contribution in [0.3, 0.4) is 0 Å². The number of benzene rings is 1. The van der Waals surface area contributed by atoms with Gasteiger partial charge in [-0.2, -0.15) is 4.39 Å². The van der Waals surface area contributed by atoms with E-state index >= 15 is 0 Å². The zero-order valence-corrected chi connectivity index (χ0v) is 14.2. The summed E-state index contributed by atoms with van der Waals surface area (Å²) in [6, 6.07) is 3.03. The van der Waals surface area contributed by atoms with Crippen LogP contribution >= 0.6 is 0 Å². The first-order valence-corrected chi connectivity index (χ1v) is 8.63. The monoisotopic (exact) mass is 338 g/mol. The molecule has 1 saturated heterocycles. The summed E-state index contributed by atoms with van der Waals surface area (Å²) in [5.41, 5.74) is 0.943. The summed E-state index contributed by atoms with van der Waals surface area (Å²) in [5.74, 6) is -1.49. The fourth-order valence-corrected chi connectivity index (χ4v) is 3.34. The van der Waals surface area contributed by atoms with Gasteiger partial charge in [0.1, 0.15) is 0 Å². The molecule has 132 valence electrons. The van der Waals surface area contributed by atoms with Gasteiger partial charge in [0.25, 0.3) is 0 Å². The van der Waals surface area contributed by atoms with E-state index in [1.807, 2.05) is 6.08 Å². The van der Waals surface area contributed by atoms with Crippen LogP contribution in [0.2, 0.25) is 0 Å². The normalized spacial score (nSPS) is 27.7. The fraction of sp³-hybridized carbons (Fsp3) is 0.579. The summed E-state index contributed by atoms with van der Waals surface area (Å²) >= 11 is 0. The molecule has 3 nitrogen and oxygen atoms in total. The Morgan fingerprint density at radius 2 is 2.00 bits per heavy atom. The van der Waals surface area contributed by atoms with Crippen molar-refractivity contribution in [2.24, 2.45) is 5.92 Å². The Kier molecular flexibility index (Phi) is 5.51. The molecule has 1 aromatic carbocycles. The molecule has 0 bridgehead atoms. The van der Waals surface area contributed by atoms with E-state index in [2.05, 4.69) is 6.92 Å². The second-order valence-electron chi connectivity index (χ2n) is 6.47. The van der Waals surface area contributed by atoms with Gasteiger partial charge in [0.2, 0.25) is 5.82 Å². The molecular formula is C19H24F2O3. The third-order valence-corrected chi connectivity index (χ3v) is 4.81. The van der Waals surface area contributed by atoms with Crippen molar-refractivity contribution in [2.45, 2.75) is 45.3 Å². The fourth-order valence-electron chi connectivity index (χ4n) is 3.34. The van der Waals surface area contributed by atoms with E-state index in [9.17, 15) is 8.78 Å². The summed E-state index contributed by atoms with van der Waals surface area (Å²) in [4.78, 5) is 0. The maximum absolute atomic E-state index is 14.3. The molecule has 2 aliphatic heterocycles. The first kappa shape index (κ1) is 17.4. The minimum Gasteiger partial charge on any atom is -0.491 e. The molecule has 0 N–H and O–H groups in total. The highest BCUT2D eigenvalue weighted by Crippen LogP contribution is 2.33. The Hall–Kier alpha value is -1.46. The Bertz CT molecular complexity index is 607. The van der Waals surface area contributed by atoms with Crippen LogP contribution in [0, 0.1) is 17.6 Å². The largest absolute Gasteiger partial charge is 0.491 e. The van der Waals surface area contributed by atoms with Crippen LogP contribution in [-0.2, 0) is 9.47 Å². The lowest BCUT2D eigenvalue weighted by atomic mass is 9.89. The van der Waals surface area contributed by atoms with E-state index in [0.29, 0.717) is 43.8 Å². The molecule has 0 radical (unpaired) electrons. The van der Waals surface area contributed by atoms with Gasteiger partial charge in [-0.25, -0.2) is 4.39 Å². The highest BCUT2D eigenvalue weighted by atomic mass is 19.2. The van der Waals surface area contributed by atoms with Gasteiger partial charge in [0.15, 0.2) is 11.6 Å². The molecule has 0 aromatic heterocycles. The van der Waals surface area contributed by atoms with Crippen LogP contribution in [0.15, 0.2) is 18.2 Å². The van der Waals surface area contributed by atoms with Crippen molar-refractivity contribution in [1.29, 1.82) is 0 Å². The molecule has 1 fully saturated rings. The van der Waals surface area contributed by atoms with E-state index in [4.69, 9.17) is 14.2 Å². The van der Waals surface area contributed by atoms with Crippen molar-refractivity contribution in [1.82, 2.24) is 0 Å². The Balaban J connectivity index is 1.70. The molecule has 2 heterocycles. The second kappa shape index (κ2) is 7.62. The molecule has 24 heavy (non-hydrogen) atoms. The molecule has 2 aliphatic rings. The van der Waals surface area contributed by atoms with Crippen molar-refractivity contribution in [3.63, 3.8) is 0 Å². The van der Waals surface area contributed by atoms with E-state index < -0.39 is 11.6 Å². The first-order valence-electron chi connectivity index (χ1n) is 8.63.